The fourth-order valence-electron chi connectivity index (χ4n) is 3.47. The molecule has 3 rings (SSSR count). The fourth-order valence-corrected chi connectivity index (χ4v) is 3.47. The summed E-state index contributed by atoms with van der Waals surface area (Å²) in [5.41, 5.74) is 8.43. The number of nitrogen functional groups attached to an aromatic ring is 1. The predicted molar refractivity (Wildman–Crippen MR) is 86.2 cm³/mol. The van der Waals surface area contributed by atoms with Crippen LogP contribution in [0.15, 0.2) is 24.4 Å². The average Bonchev–Trinajstić information content (AvgIpc) is 3.12. The number of benzene rings is 1. The van der Waals surface area contributed by atoms with Crippen LogP contribution in [0.1, 0.15) is 49.4 Å². The van der Waals surface area contributed by atoms with Gasteiger partial charge in [0.05, 0.1) is 5.56 Å². The molecule has 21 heavy (non-hydrogen) atoms. The molecular formula is C17H23N3O. The minimum Gasteiger partial charge on any atom is -0.399 e. The van der Waals surface area contributed by atoms with E-state index in [1.807, 2.05) is 18.2 Å². The third-order valence-electron chi connectivity index (χ3n) is 4.99. The number of carbonyl (C=O) groups is 1. The van der Waals surface area contributed by atoms with Gasteiger partial charge >= 0.3 is 0 Å². The van der Waals surface area contributed by atoms with Crippen LogP contribution in [-0.2, 0) is 0 Å². The second-order valence-corrected chi connectivity index (χ2v) is 6.25. The minimum atomic E-state index is -0.00780. The lowest BCUT2D eigenvalue weighted by atomic mass is 9.83. The van der Waals surface area contributed by atoms with E-state index < -0.39 is 0 Å². The van der Waals surface area contributed by atoms with E-state index in [0.717, 1.165) is 23.9 Å². The number of aromatic amines is 1. The Morgan fingerprint density at radius 2 is 2.14 bits per heavy atom. The number of hydrogen-bond acceptors (Lipinski definition) is 2. The van der Waals surface area contributed by atoms with E-state index >= 15 is 0 Å². The molecule has 0 saturated heterocycles. The van der Waals surface area contributed by atoms with Crippen molar-refractivity contribution in [1.29, 1.82) is 0 Å². The highest BCUT2D eigenvalue weighted by Gasteiger charge is 2.32. The smallest absolute Gasteiger partial charge is 0.253 e. The van der Waals surface area contributed by atoms with Gasteiger partial charge < -0.3 is 16.0 Å². The summed E-state index contributed by atoms with van der Waals surface area (Å²) >= 11 is 0. The molecule has 0 radical (unpaired) electrons. The molecule has 0 spiro atoms. The van der Waals surface area contributed by atoms with E-state index in [1.54, 1.807) is 6.20 Å². The minimum absolute atomic E-state index is 0.00780. The molecular weight excluding hydrogens is 262 g/mol. The van der Waals surface area contributed by atoms with Gasteiger partial charge in [-0.25, -0.2) is 0 Å². The summed E-state index contributed by atoms with van der Waals surface area (Å²) in [7, 11) is 0. The number of carbonyl (C=O) groups excluding carboxylic acids is 1. The molecule has 4 nitrogen and oxygen atoms in total. The Labute approximate surface area is 125 Å². The first kappa shape index (κ1) is 14.0. The number of aromatic nitrogens is 1. The third-order valence-corrected chi connectivity index (χ3v) is 4.99. The maximum atomic E-state index is 12.5. The van der Waals surface area contributed by atoms with E-state index in [-0.39, 0.29) is 5.91 Å². The summed E-state index contributed by atoms with van der Waals surface area (Å²) in [6.07, 6.45) is 7.93. The van der Waals surface area contributed by atoms with Gasteiger partial charge in [-0.1, -0.05) is 19.8 Å². The Hall–Kier alpha value is -1.97. The number of H-pyrrole nitrogens is 1. The standard InChI is InChI=1S/C17H23N3O/c1-2-17(7-3-4-8-17)11-20-16(21)14-10-19-15-6-5-12(18)9-13(14)15/h5-6,9-10,19H,2-4,7-8,11,18H2,1H3,(H,20,21). The molecule has 0 aliphatic heterocycles. The second-order valence-electron chi connectivity index (χ2n) is 6.25. The molecule has 2 aromatic rings. The van der Waals surface area contributed by atoms with Crippen LogP contribution in [0.25, 0.3) is 10.9 Å². The number of anilines is 1. The summed E-state index contributed by atoms with van der Waals surface area (Å²) < 4.78 is 0. The topological polar surface area (TPSA) is 70.9 Å². The molecule has 1 aromatic heterocycles. The Morgan fingerprint density at radius 3 is 2.86 bits per heavy atom. The number of nitrogens with two attached hydrogens (primary N) is 1. The van der Waals surface area contributed by atoms with Crippen LogP contribution in [0.5, 0.6) is 0 Å². The highest BCUT2D eigenvalue weighted by Crippen LogP contribution is 2.40. The Balaban J connectivity index is 1.76. The molecule has 1 aliphatic carbocycles. The quantitative estimate of drug-likeness (QED) is 0.753. The fraction of sp³-hybridized carbons (Fsp3) is 0.471. The second kappa shape index (κ2) is 5.43. The molecule has 1 fully saturated rings. The van der Waals surface area contributed by atoms with Gasteiger partial charge in [0.1, 0.15) is 0 Å². The van der Waals surface area contributed by atoms with Gasteiger partial charge in [-0.15, -0.1) is 0 Å². The highest BCUT2D eigenvalue weighted by atomic mass is 16.1. The molecule has 0 unspecified atom stereocenters. The van der Waals surface area contributed by atoms with E-state index in [2.05, 4.69) is 17.2 Å². The summed E-state index contributed by atoms with van der Waals surface area (Å²) in [5, 5.41) is 4.02. The third kappa shape index (κ3) is 2.62. The van der Waals surface area contributed by atoms with Crippen molar-refractivity contribution in [2.24, 2.45) is 5.41 Å². The van der Waals surface area contributed by atoms with Crippen molar-refractivity contribution in [2.75, 3.05) is 12.3 Å². The average molecular weight is 285 g/mol. The Bertz CT molecular complexity index is 653. The maximum Gasteiger partial charge on any atom is 0.253 e. The van der Waals surface area contributed by atoms with Gasteiger partial charge in [0.25, 0.3) is 5.91 Å². The zero-order valence-electron chi connectivity index (χ0n) is 12.5. The summed E-state index contributed by atoms with van der Waals surface area (Å²) in [6.45, 7) is 3.00. The molecule has 0 bridgehead atoms. The molecule has 112 valence electrons. The van der Waals surface area contributed by atoms with Crippen LogP contribution in [0.3, 0.4) is 0 Å². The maximum absolute atomic E-state index is 12.5. The Morgan fingerprint density at radius 1 is 1.38 bits per heavy atom. The molecule has 1 aromatic carbocycles. The number of hydrogen-bond donors (Lipinski definition) is 3. The van der Waals surface area contributed by atoms with Crippen LogP contribution in [0, 0.1) is 5.41 Å². The summed E-state index contributed by atoms with van der Waals surface area (Å²) in [5.74, 6) is -0.00780. The molecule has 0 atom stereocenters. The van der Waals surface area contributed by atoms with E-state index in [0.29, 0.717) is 16.7 Å². The van der Waals surface area contributed by atoms with Gasteiger partial charge in [-0.3, -0.25) is 4.79 Å². The number of amides is 1. The first-order valence-corrected chi connectivity index (χ1v) is 7.78. The monoisotopic (exact) mass is 285 g/mol. The zero-order valence-corrected chi connectivity index (χ0v) is 12.5. The first-order valence-electron chi connectivity index (χ1n) is 7.78. The highest BCUT2D eigenvalue weighted by molar-refractivity contribution is 6.07. The van der Waals surface area contributed by atoms with Crippen molar-refractivity contribution >= 4 is 22.5 Å². The lowest BCUT2D eigenvalue weighted by molar-refractivity contribution is 0.0930. The molecule has 1 saturated carbocycles. The molecule has 1 aliphatic rings. The lowest BCUT2D eigenvalue weighted by Gasteiger charge is -2.27. The van der Waals surface area contributed by atoms with Crippen molar-refractivity contribution in [3.8, 4) is 0 Å². The summed E-state index contributed by atoms with van der Waals surface area (Å²) in [6, 6.07) is 5.60. The van der Waals surface area contributed by atoms with Gasteiger partial charge in [0, 0.05) is 29.3 Å². The Kier molecular flexibility index (Phi) is 3.62. The van der Waals surface area contributed by atoms with Crippen LogP contribution in [0.2, 0.25) is 0 Å². The van der Waals surface area contributed by atoms with E-state index in [1.165, 1.54) is 25.7 Å². The van der Waals surface area contributed by atoms with Crippen molar-refractivity contribution in [1.82, 2.24) is 10.3 Å². The van der Waals surface area contributed by atoms with E-state index in [4.69, 9.17) is 5.73 Å². The van der Waals surface area contributed by atoms with Crippen molar-refractivity contribution in [3.05, 3.63) is 30.0 Å². The van der Waals surface area contributed by atoms with E-state index in [9.17, 15) is 4.79 Å². The summed E-state index contributed by atoms with van der Waals surface area (Å²) in [4.78, 5) is 15.6. The van der Waals surface area contributed by atoms with Crippen molar-refractivity contribution in [3.63, 3.8) is 0 Å². The van der Waals surface area contributed by atoms with Crippen LogP contribution in [0.4, 0.5) is 5.69 Å². The SMILES string of the molecule is CCC1(CNC(=O)c2c[nH]c3ccc(N)cc23)CCCC1. The molecule has 4 N–H and O–H groups in total. The molecule has 4 heteroatoms. The molecule has 1 amide bonds. The van der Waals surface area contributed by atoms with Gasteiger partial charge in [-0.2, -0.15) is 0 Å². The van der Waals surface area contributed by atoms with Crippen molar-refractivity contribution < 1.29 is 4.79 Å². The number of fused-ring (bicyclic) bond motifs is 1. The van der Waals surface area contributed by atoms with Crippen LogP contribution in [-0.4, -0.2) is 17.4 Å². The molecule has 1 heterocycles. The number of nitrogens with one attached hydrogen (secondary N) is 2. The number of rotatable bonds is 4. The van der Waals surface area contributed by atoms with Gasteiger partial charge in [0.2, 0.25) is 0 Å². The normalized spacial score (nSPS) is 17.2. The first-order chi connectivity index (χ1) is 10.1. The predicted octanol–water partition coefficient (Wildman–Crippen LogP) is 3.45. The van der Waals surface area contributed by atoms with Crippen molar-refractivity contribution in [2.45, 2.75) is 39.0 Å². The van der Waals surface area contributed by atoms with Gasteiger partial charge in [0.15, 0.2) is 0 Å². The zero-order chi connectivity index (χ0) is 14.9. The van der Waals surface area contributed by atoms with Gasteiger partial charge in [-0.05, 0) is 42.9 Å². The van der Waals surface area contributed by atoms with Crippen LogP contribution >= 0.6 is 0 Å². The largest absolute Gasteiger partial charge is 0.399 e. The van der Waals surface area contributed by atoms with Crippen LogP contribution < -0.4 is 11.1 Å². The lowest BCUT2D eigenvalue weighted by Crippen LogP contribution is -2.35.